The molecule has 1 amide bonds. The van der Waals surface area contributed by atoms with Gasteiger partial charge in [-0.15, -0.1) is 0 Å². The number of benzene rings is 1. The van der Waals surface area contributed by atoms with Crippen LogP contribution in [0, 0.1) is 0 Å². The molecule has 0 saturated carbocycles. The molecule has 6 nitrogen and oxygen atoms in total. The first-order valence-electron chi connectivity index (χ1n) is 9.30. The smallest absolute Gasteiger partial charge is 0.251 e. The summed E-state index contributed by atoms with van der Waals surface area (Å²) in [5.41, 5.74) is 4.32. The second-order valence-electron chi connectivity index (χ2n) is 6.87. The minimum absolute atomic E-state index is 0.106. The Kier molecular flexibility index (Phi) is 5.96. The maximum atomic E-state index is 12.4. The number of amides is 1. The molecule has 0 aliphatic carbocycles. The van der Waals surface area contributed by atoms with Crippen molar-refractivity contribution in [3.05, 3.63) is 65.6 Å². The van der Waals surface area contributed by atoms with Crippen LogP contribution in [0.25, 0.3) is 11.3 Å². The first-order chi connectivity index (χ1) is 13.1. The maximum absolute atomic E-state index is 12.4. The third-order valence-electron chi connectivity index (χ3n) is 4.31. The zero-order chi connectivity index (χ0) is 19.2. The van der Waals surface area contributed by atoms with Crippen molar-refractivity contribution in [2.24, 2.45) is 0 Å². The molecule has 27 heavy (non-hydrogen) atoms. The van der Waals surface area contributed by atoms with E-state index >= 15 is 0 Å². The molecular formula is C21H25N5O. The van der Waals surface area contributed by atoms with Gasteiger partial charge >= 0.3 is 0 Å². The number of hydrogen-bond acceptors (Lipinski definition) is 4. The van der Waals surface area contributed by atoms with Gasteiger partial charge in [-0.2, -0.15) is 15.3 Å². The van der Waals surface area contributed by atoms with E-state index in [-0.39, 0.29) is 5.91 Å². The first-order valence-corrected chi connectivity index (χ1v) is 9.30. The number of hydrogen-bond donors (Lipinski definition) is 1. The van der Waals surface area contributed by atoms with Gasteiger partial charge in [0.25, 0.3) is 5.91 Å². The average Bonchev–Trinajstić information content (AvgIpc) is 3.14. The fourth-order valence-corrected chi connectivity index (χ4v) is 2.73. The maximum Gasteiger partial charge on any atom is 0.251 e. The molecule has 3 aromatic rings. The largest absolute Gasteiger partial charge is 0.348 e. The van der Waals surface area contributed by atoms with Gasteiger partial charge in [0, 0.05) is 36.0 Å². The molecule has 0 aliphatic heterocycles. The van der Waals surface area contributed by atoms with E-state index in [4.69, 9.17) is 0 Å². The number of aromatic nitrogens is 4. The Morgan fingerprint density at radius 1 is 1.11 bits per heavy atom. The van der Waals surface area contributed by atoms with Gasteiger partial charge in [0.2, 0.25) is 0 Å². The zero-order valence-corrected chi connectivity index (χ0v) is 16.0. The van der Waals surface area contributed by atoms with Gasteiger partial charge in [-0.1, -0.05) is 32.9 Å². The van der Waals surface area contributed by atoms with Crippen LogP contribution in [-0.4, -0.2) is 25.9 Å². The van der Waals surface area contributed by atoms with Crippen molar-refractivity contribution in [2.45, 2.75) is 46.2 Å². The summed E-state index contributed by atoms with van der Waals surface area (Å²) in [7, 11) is 0. The summed E-state index contributed by atoms with van der Waals surface area (Å²) in [6.07, 6.45) is 4.79. The van der Waals surface area contributed by atoms with Crippen LogP contribution < -0.4 is 5.32 Å². The third kappa shape index (κ3) is 4.78. The highest BCUT2D eigenvalue weighted by atomic mass is 16.1. The van der Waals surface area contributed by atoms with Crippen LogP contribution >= 0.6 is 0 Å². The van der Waals surface area contributed by atoms with Crippen LogP contribution in [0.3, 0.4) is 0 Å². The average molecular weight is 363 g/mol. The number of nitrogens with zero attached hydrogens (tertiary/aromatic N) is 4. The van der Waals surface area contributed by atoms with Crippen LogP contribution in [0.2, 0.25) is 0 Å². The first kappa shape index (κ1) is 18.8. The van der Waals surface area contributed by atoms with Crippen molar-refractivity contribution in [3.8, 4) is 11.3 Å². The van der Waals surface area contributed by atoms with Crippen molar-refractivity contribution in [2.75, 3.05) is 0 Å². The molecule has 0 saturated heterocycles. The molecule has 3 rings (SSSR count). The predicted molar refractivity (Wildman–Crippen MR) is 105 cm³/mol. The molecule has 1 N–H and O–H groups in total. The van der Waals surface area contributed by atoms with Crippen molar-refractivity contribution in [1.82, 2.24) is 25.3 Å². The summed E-state index contributed by atoms with van der Waals surface area (Å²) in [6.45, 7) is 7.64. The molecule has 0 radical (unpaired) electrons. The van der Waals surface area contributed by atoms with Gasteiger partial charge in [0.1, 0.15) is 0 Å². The van der Waals surface area contributed by atoms with Crippen LogP contribution in [0.4, 0.5) is 0 Å². The lowest BCUT2D eigenvalue weighted by molar-refractivity contribution is 0.0951. The Morgan fingerprint density at radius 3 is 2.52 bits per heavy atom. The van der Waals surface area contributed by atoms with E-state index in [1.807, 2.05) is 47.3 Å². The highest BCUT2D eigenvalue weighted by Crippen LogP contribution is 2.19. The molecule has 2 aromatic heterocycles. The summed E-state index contributed by atoms with van der Waals surface area (Å²) in [4.78, 5) is 12.4. The molecule has 0 bridgehead atoms. The highest BCUT2D eigenvalue weighted by molar-refractivity contribution is 5.94. The van der Waals surface area contributed by atoms with E-state index in [9.17, 15) is 4.79 Å². The van der Waals surface area contributed by atoms with Gasteiger partial charge in [0.05, 0.1) is 17.6 Å². The molecule has 140 valence electrons. The quantitative estimate of drug-likeness (QED) is 0.693. The molecule has 0 aliphatic rings. The van der Waals surface area contributed by atoms with Gasteiger partial charge in [-0.05, 0) is 36.6 Å². The zero-order valence-electron chi connectivity index (χ0n) is 16.0. The van der Waals surface area contributed by atoms with Crippen LogP contribution in [0.1, 0.15) is 54.7 Å². The Bertz CT molecular complexity index is 882. The standard InChI is InChI=1S/C21H25N5O/c1-4-11-26-14-16(13-23-26)12-22-21(27)18-7-5-17(6-8-18)20-10-9-19(15(2)3)24-25-20/h5-10,13-15H,4,11-12H2,1-3H3,(H,22,27). The molecule has 0 unspecified atom stereocenters. The Balaban J connectivity index is 1.61. The monoisotopic (exact) mass is 363 g/mol. The van der Waals surface area contributed by atoms with E-state index in [1.54, 1.807) is 6.20 Å². The summed E-state index contributed by atoms with van der Waals surface area (Å²) in [5.74, 6) is 0.248. The van der Waals surface area contributed by atoms with Crippen molar-refractivity contribution in [1.29, 1.82) is 0 Å². The molecule has 6 heteroatoms. The van der Waals surface area contributed by atoms with Crippen LogP contribution in [0.15, 0.2) is 48.8 Å². The van der Waals surface area contributed by atoms with Gasteiger partial charge in [0.15, 0.2) is 0 Å². The molecule has 0 atom stereocenters. The van der Waals surface area contributed by atoms with Gasteiger partial charge < -0.3 is 5.32 Å². The summed E-state index contributed by atoms with van der Waals surface area (Å²) >= 11 is 0. The van der Waals surface area contributed by atoms with E-state index in [0.717, 1.165) is 35.5 Å². The highest BCUT2D eigenvalue weighted by Gasteiger charge is 2.08. The summed E-state index contributed by atoms with van der Waals surface area (Å²) in [6, 6.07) is 11.4. The fourth-order valence-electron chi connectivity index (χ4n) is 2.73. The molecule has 2 heterocycles. The van der Waals surface area contributed by atoms with Crippen LogP contribution in [-0.2, 0) is 13.1 Å². The lowest BCUT2D eigenvalue weighted by Gasteiger charge is -2.06. The van der Waals surface area contributed by atoms with E-state index in [2.05, 4.69) is 41.4 Å². The normalized spacial score (nSPS) is 11.0. The summed E-state index contributed by atoms with van der Waals surface area (Å²) in [5, 5.41) is 15.7. The second-order valence-corrected chi connectivity index (χ2v) is 6.87. The van der Waals surface area contributed by atoms with Crippen LogP contribution in [0.5, 0.6) is 0 Å². The Labute approximate surface area is 159 Å². The molecule has 0 fully saturated rings. The fraction of sp³-hybridized carbons (Fsp3) is 0.333. The van der Waals surface area contributed by atoms with Gasteiger partial charge in [-0.3, -0.25) is 9.48 Å². The topological polar surface area (TPSA) is 72.7 Å². The lowest BCUT2D eigenvalue weighted by atomic mass is 10.1. The SMILES string of the molecule is CCCn1cc(CNC(=O)c2ccc(-c3ccc(C(C)C)nn3)cc2)cn1. The minimum Gasteiger partial charge on any atom is -0.348 e. The predicted octanol–water partition coefficient (Wildman–Crippen LogP) is 3.80. The molecule has 0 spiro atoms. The Hall–Kier alpha value is -3.02. The van der Waals surface area contributed by atoms with Gasteiger partial charge in [-0.25, -0.2) is 0 Å². The minimum atomic E-state index is -0.106. The summed E-state index contributed by atoms with van der Waals surface area (Å²) < 4.78 is 1.89. The van der Waals surface area contributed by atoms with E-state index in [0.29, 0.717) is 18.0 Å². The second kappa shape index (κ2) is 8.58. The number of carbonyl (C=O) groups excluding carboxylic acids is 1. The van der Waals surface area contributed by atoms with Crippen molar-refractivity contribution >= 4 is 5.91 Å². The van der Waals surface area contributed by atoms with Crippen molar-refractivity contribution < 1.29 is 4.79 Å². The number of carbonyl (C=O) groups is 1. The van der Waals surface area contributed by atoms with E-state index in [1.165, 1.54) is 0 Å². The number of rotatable bonds is 7. The third-order valence-corrected chi connectivity index (χ3v) is 4.31. The number of aryl methyl sites for hydroxylation is 1. The lowest BCUT2D eigenvalue weighted by Crippen LogP contribution is -2.22. The van der Waals surface area contributed by atoms with E-state index < -0.39 is 0 Å². The number of nitrogens with one attached hydrogen (secondary N) is 1. The van der Waals surface area contributed by atoms with Crippen molar-refractivity contribution in [3.63, 3.8) is 0 Å². The Morgan fingerprint density at radius 2 is 1.89 bits per heavy atom. The molecular weight excluding hydrogens is 338 g/mol. The molecule has 1 aromatic carbocycles.